The molecule has 0 rings (SSSR count). The summed E-state index contributed by atoms with van der Waals surface area (Å²) in [6, 6.07) is 0. The van der Waals surface area contributed by atoms with E-state index in [4.69, 9.17) is 12.5 Å². The maximum absolute atomic E-state index is 10.5. The van der Waals surface area contributed by atoms with Crippen LogP contribution in [-0.2, 0) is 367 Å². The van der Waals surface area contributed by atoms with Crippen molar-refractivity contribution in [1.29, 1.82) is 0 Å². The van der Waals surface area contributed by atoms with Gasteiger partial charge in [-0.3, -0.25) is 178 Å². The van der Waals surface area contributed by atoms with Gasteiger partial charge in [0, 0.05) is 399 Å². The fourth-order valence-electron chi connectivity index (χ4n) is 2.83. The topological polar surface area (TPSA) is 641 Å². The minimum absolute atomic E-state index is 0. The second kappa shape index (κ2) is 168. The maximum atomic E-state index is 10.5. The number of carbonyl (C=O) groups is 24. The average Bonchev–Trinajstić information content (AvgIpc) is 1.12. The second-order valence-electron chi connectivity index (χ2n) is 20.6. The summed E-state index contributed by atoms with van der Waals surface area (Å²) in [7, 11) is 20.7. The van der Waals surface area contributed by atoms with E-state index in [-0.39, 0.29) is 377 Å². The summed E-state index contributed by atoms with van der Waals surface area (Å²) < 4.78 is 62.4. The van der Waals surface area contributed by atoms with Gasteiger partial charge in [0.2, 0.25) is 36.3 Å². The van der Waals surface area contributed by atoms with Crippen LogP contribution in [0.5, 0.6) is 0 Å². The molecule has 0 aliphatic rings. The molecule has 0 aromatic heterocycles. The van der Waals surface area contributed by atoms with E-state index in [1.54, 1.807) is 35.4 Å². The molecule has 0 saturated carbocycles. The molecule has 144 heavy (non-hydrogen) atoms. The molecular weight excluding hydrogens is 2760 g/mol. The van der Waals surface area contributed by atoms with Gasteiger partial charge in [-0.05, 0) is 33.5 Å². The van der Waals surface area contributed by atoms with Gasteiger partial charge < -0.3 is 84.0 Å². The smallest absolute Gasteiger partial charge is 0.304 e. The van der Waals surface area contributed by atoms with E-state index in [0.29, 0.717) is 45.5 Å². The number of hydrogen-bond donors (Lipinski definition) is 10. The largest absolute Gasteiger partial charge is 0.640 e. The number of nitrogens with one attached hydrogen (secondary N) is 10. The van der Waals surface area contributed by atoms with Crippen LogP contribution in [0.4, 0.5) is 0 Å². The Bertz CT molecular complexity index is 2520. The number of rotatable bonds is 45. The van der Waals surface area contributed by atoms with Crippen LogP contribution in [0.1, 0.15) is 166 Å². The number of esters is 9. The van der Waals surface area contributed by atoms with E-state index in [0.717, 1.165) is 81.5 Å². The summed E-state index contributed by atoms with van der Waals surface area (Å²) in [5.41, 5.74) is 0. The quantitative estimate of drug-likeness (QED) is 0.00396. The molecular formula is C72H130N10O36S20Y6-6. The molecule has 0 aliphatic heterocycles. The van der Waals surface area contributed by atoms with E-state index in [2.05, 4.69) is 135 Å². The van der Waals surface area contributed by atoms with Crippen molar-refractivity contribution in [3.05, 3.63) is 40.8 Å². The first-order chi connectivity index (χ1) is 64.3. The molecule has 0 atom stereocenters. The number of thioether (sulfide) groups is 8. The molecule has 0 aliphatic carbocycles. The molecule has 0 bridgehead atoms. The van der Waals surface area contributed by atoms with Crippen LogP contribution >= 0.6 is 231 Å². The predicted octanol–water partition coefficient (Wildman–Crippen LogP) is 11.9. The first kappa shape index (κ1) is 197. The van der Waals surface area contributed by atoms with Crippen LogP contribution in [0, 0.1) is 40.8 Å². The molecule has 0 aromatic carbocycles. The Balaban J connectivity index is -0.0000000597. The maximum Gasteiger partial charge on any atom is 0.304 e. The Hall–Kier alpha value is 2.26. The van der Waals surface area contributed by atoms with Crippen molar-refractivity contribution >= 4 is 367 Å². The summed E-state index contributed by atoms with van der Waals surface area (Å²) in [5.74, 6) is 0.00721. The van der Waals surface area contributed by atoms with Crippen molar-refractivity contribution in [3.8, 4) is 0 Å². The first-order valence-electron chi connectivity index (χ1n) is 36.5. The summed E-state index contributed by atoms with van der Waals surface area (Å²) in [6.07, 6.45) is 6.50. The molecule has 0 heterocycles. The van der Waals surface area contributed by atoms with Gasteiger partial charge in [0.1, 0.15) is 24.5 Å². The zero-order valence-electron chi connectivity index (χ0n) is 84.3. The predicted molar refractivity (Wildman–Crippen MR) is 572 cm³/mol. The Kier molecular flexibility index (Phi) is 229. The zero-order valence-corrected chi connectivity index (χ0v) is 118. The monoisotopic (exact) mass is 2880 g/mol. The van der Waals surface area contributed by atoms with Gasteiger partial charge in [0.05, 0.1) is 49.7 Å². The number of ether oxygens (including phenoxy) is 9. The fourth-order valence-corrected chi connectivity index (χ4v) is 15.6. The SMILES string of the molecule is CC(=O)NCOSCNC(C)=O.CC(=O)NCSNCOC(C)=O.CC(=O)NCSSCNC(C)=O.CC(=O)OCNSCOC(C)=O.CC(=O)OCOSCOC(C)=O.CC(=O)OCSSCOC(C)=O.CC(=O)SCNSCSC(C)=O.CC(=O)SCOSCSC(C)=O.CC(=O)SCSSCSC(C)=O.[CH2-]NC(C)=O.[CH2-]NC(C)=O.[CH2-]OC(C)=O.[CH2-]OC(C)=O.[CH2-]SC(C)=O.[CH2-]SC(C)=O.[Y].[Y].[Y].[Y].[Y].[Y]. The third-order valence-corrected chi connectivity index (χ3v) is 24.6. The Morgan fingerprint density at radius 2 is 0.521 bits per heavy atom. The molecule has 10 N–H and O–H groups in total. The number of amides is 7. The summed E-state index contributed by atoms with van der Waals surface area (Å²) in [6.45, 7) is 34.3. The molecule has 0 aromatic rings. The molecule has 0 fully saturated rings. The van der Waals surface area contributed by atoms with Crippen molar-refractivity contribution < 1.29 is 367 Å². The van der Waals surface area contributed by atoms with Gasteiger partial charge in [-0.2, -0.15) is 14.2 Å². The van der Waals surface area contributed by atoms with Crippen molar-refractivity contribution in [2.45, 2.75) is 166 Å². The minimum atomic E-state index is -0.414. The summed E-state index contributed by atoms with van der Waals surface area (Å²) >= 11 is 16.4. The van der Waals surface area contributed by atoms with Gasteiger partial charge >= 0.3 is 41.8 Å². The van der Waals surface area contributed by atoms with Crippen molar-refractivity contribution in [2.24, 2.45) is 0 Å². The van der Waals surface area contributed by atoms with Crippen molar-refractivity contribution in [1.82, 2.24) is 51.4 Å². The van der Waals surface area contributed by atoms with E-state index in [1.807, 2.05) is 0 Å². The Morgan fingerprint density at radius 1 is 0.229 bits per heavy atom. The van der Waals surface area contributed by atoms with Gasteiger partial charge in [-0.15, -0.1) is 0 Å². The van der Waals surface area contributed by atoms with E-state index in [9.17, 15) is 115 Å². The first-order valence-corrected chi connectivity index (χ1v) is 57.5. The normalized spacial score (nSPS) is 8.51. The van der Waals surface area contributed by atoms with Crippen molar-refractivity contribution in [3.63, 3.8) is 0 Å². The molecule has 0 spiro atoms. The molecule has 46 nitrogen and oxygen atoms in total. The second-order valence-corrected chi connectivity index (χ2v) is 42.7. The molecule has 6 radical (unpaired) electrons. The average molecular weight is 2890 g/mol. The van der Waals surface area contributed by atoms with Gasteiger partial charge in [0.25, 0.3) is 11.9 Å². The van der Waals surface area contributed by atoms with Gasteiger partial charge in [-0.25, -0.2) is 9.44 Å². The standard InChI is InChI=1S/2C6H12N2O3S.C6H12N2O2S2.C6H11NO4S.C6H11NO2S3.C6H10O5S.C6H10O4S2.C6H10O3S3.C6H10O2S4.2C3H6NO.2C3H5O2.2C3H5OS.6Y/c1-5(9)7-4-12-8-3-11-6(2)10;2*1-5(9)7-3-11-12-4-8-6(2)10;2*1-5(8)10-3-7-12-4-11-6(2)9;2*1-5(7)9-3-11-12-4-10-6(2)8;1-5(7)10-3-9-12-4-11-6(2)8;1-5(7)9-3-11-12-4-10-6(2)8;2*1-3(5)4-2;4*1-3(4)5-2;;;;;;/h8H,3-4H2,1-2H3,(H,7,9);2*3-4H2,1-2H3,(H,7,9)(H,8,10);2*7H,3-4H2,1-2H3;4*3-4H2,1-2H3;2*2H2,1H3,(H,4,5);4*2H2,1H3;;;;;;/q;;;;;;;;;6*-1;;;;;;. The van der Waals surface area contributed by atoms with E-state index >= 15 is 0 Å². The molecule has 0 saturated heterocycles. The molecule has 7 amide bonds. The molecule has 828 valence electrons. The van der Waals surface area contributed by atoms with Crippen LogP contribution < -0.4 is 51.4 Å². The van der Waals surface area contributed by atoms with Crippen LogP contribution in [0.3, 0.4) is 0 Å². The Morgan fingerprint density at radius 3 is 0.819 bits per heavy atom. The number of hydrogen-bond acceptors (Lipinski definition) is 59. The minimum Gasteiger partial charge on any atom is -0.640 e. The van der Waals surface area contributed by atoms with Crippen LogP contribution in [0.25, 0.3) is 0 Å². The van der Waals surface area contributed by atoms with Crippen LogP contribution in [0.2, 0.25) is 0 Å². The Labute approximate surface area is 1080 Å². The summed E-state index contributed by atoms with van der Waals surface area (Å²) in [4.78, 5) is 244. The van der Waals surface area contributed by atoms with Gasteiger partial charge in [0.15, 0.2) is 78.1 Å². The molecule has 0 unspecified atom stereocenters. The van der Waals surface area contributed by atoms with Gasteiger partial charge in [-0.1, -0.05) is 138 Å². The third-order valence-electron chi connectivity index (χ3n) is 8.16. The number of carbonyl (C=O) groups excluding carboxylic acids is 24. The van der Waals surface area contributed by atoms with Crippen LogP contribution in [-0.4, -0.2) is 242 Å². The van der Waals surface area contributed by atoms with E-state index < -0.39 is 5.97 Å². The zero-order chi connectivity index (χ0) is 110. The van der Waals surface area contributed by atoms with Crippen molar-refractivity contribution in [2.75, 3.05) is 106 Å². The third kappa shape index (κ3) is 326. The van der Waals surface area contributed by atoms with Crippen LogP contribution in [0.15, 0.2) is 0 Å². The van der Waals surface area contributed by atoms with E-state index in [1.165, 1.54) is 290 Å². The fraction of sp³-hybridized carbons (Fsp3) is 0.583. The molecule has 72 heteroatoms. The summed E-state index contributed by atoms with van der Waals surface area (Å²) in [5, 5.41) is 20.6.